The lowest BCUT2D eigenvalue weighted by Gasteiger charge is -2.27. The lowest BCUT2D eigenvalue weighted by atomic mass is 9.95. The molecule has 0 rings (SSSR count). The van der Waals surface area contributed by atoms with E-state index in [-0.39, 0.29) is 18.6 Å². The number of carbonyl (C=O) groups is 1. The Balaban J connectivity index is 4.70. The van der Waals surface area contributed by atoms with Gasteiger partial charge in [0.15, 0.2) is 0 Å². The van der Waals surface area contributed by atoms with Crippen LogP contribution in [0.4, 0.5) is 4.79 Å². The molecule has 0 spiro atoms. The summed E-state index contributed by atoms with van der Waals surface area (Å²) in [6, 6.07) is -0.190. The number of allylic oxidation sites excluding steroid dienone is 1. The van der Waals surface area contributed by atoms with Crippen LogP contribution in [0.15, 0.2) is 11.6 Å². The molecule has 0 unspecified atom stereocenters. The number of aliphatic hydroxyl groups excluding tert-OH is 1. The maximum atomic E-state index is 11.8. The summed E-state index contributed by atoms with van der Waals surface area (Å²) >= 11 is 0. The number of hydrogen-bond donors (Lipinski definition) is 2. The van der Waals surface area contributed by atoms with Gasteiger partial charge in [0.25, 0.3) is 0 Å². The minimum atomic E-state index is -0.514. The molecule has 0 fully saturated rings. The number of hydrogen-bond acceptors (Lipinski definition) is 3. The summed E-state index contributed by atoms with van der Waals surface area (Å²) in [5.41, 5.74) is 0.532. The molecule has 1 amide bonds. The Morgan fingerprint density at radius 2 is 2.00 bits per heavy atom. The van der Waals surface area contributed by atoms with Gasteiger partial charge < -0.3 is 15.2 Å². The largest absolute Gasteiger partial charge is 0.444 e. The maximum Gasteiger partial charge on any atom is 0.408 e. The van der Waals surface area contributed by atoms with E-state index in [0.29, 0.717) is 0 Å². The van der Waals surface area contributed by atoms with E-state index in [2.05, 4.69) is 5.32 Å². The molecule has 0 radical (unpaired) electrons. The van der Waals surface area contributed by atoms with Gasteiger partial charge in [0.05, 0.1) is 6.04 Å². The van der Waals surface area contributed by atoms with Crippen molar-refractivity contribution in [2.45, 2.75) is 59.6 Å². The molecule has 0 saturated heterocycles. The number of ether oxygens (including phenoxy) is 1. The Morgan fingerprint density at radius 3 is 2.39 bits per heavy atom. The molecule has 0 heterocycles. The SMILES string of the molecule is CC/C=C(\C)[C@@H](NC(=O)OC(C)(C)C)[C@@H](C)CO. The zero-order chi connectivity index (χ0) is 14.3. The number of amides is 1. The van der Waals surface area contributed by atoms with Gasteiger partial charge in [-0.3, -0.25) is 0 Å². The predicted octanol–water partition coefficient (Wildman–Crippen LogP) is 2.86. The molecule has 0 saturated carbocycles. The fourth-order valence-corrected chi connectivity index (χ4v) is 1.69. The zero-order valence-corrected chi connectivity index (χ0v) is 12.4. The third-order valence-corrected chi connectivity index (χ3v) is 2.55. The molecular weight excluding hydrogens is 230 g/mol. The predicted molar refractivity (Wildman–Crippen MR) is 73.5 cm³/mol. The van der Waals surface area contributed by atoms with Gasteiger partial charge >= 0.3 is 6.09 Å². The number of carbonyl (C=O) groups excluding carboxylic acids is 1. The second-order valence-electron chi connectivity index (χ2n) is 5.64. The summed E-state index contributed by atoms with van der Waals surface area (Å²) in [6.45, 7) is 11.4. The van der Waals surface area contributed by atoms with E-state index >= 15 is 0 Å². The van der Waals surface area contributed by atoms with Crippen molar-refractivity contribution in [3.8, 4) is 0 Å². The molecule has 4 heteroatoms. The number of nitrogens with one attached hydrogen (secondary N) is 1. The molecule has 18 heavy (non-hydrogen) atoms. The van der Waals surface area contributed by atoms with E-state index in [4.69, 9.17) is 4.74 Å². The Kier molecular flexibility index (Phi) is 6.99. The second-order valence-corrected chi connectivity index (χ2v) is 5.64. The summed E-state index contributed by atoms with van der Waals surface area (Å²) in [4.78, 5) is 11.8. The Hall–Kier alpha value is -1.03. The van der Waals surface area contributed by atoms with E-state index in [0.717, 1.165) is 12.0 Å². The van der Waals surface area contributed by atoms with Crippen LogP contribution in [0.25, 0.3) is 0 Å². The normalized spacial score (nSPS) is 16.1. The van der Waals surface area contributed by atoms with Gasteiger partial charge in [-0.05, 0) is 34.1 Å². The number of alkyl carbamates (subject to hydrolysis) is 1. The Labute approximate surface area is 110 Å². The van der Waals surface area contributed by atoms with E-state index < -0.39 is 11.7 Å². The highest BCUT2D eigenvalue weighted by Gasteiger charge is 2.23. The summed E-state index contributed by atoms with van der Waals surface area (Å²) in [5, 5.41) is 12.1. The highest BCUT2D eigenvalue weighted by Crippen LogP contribution is 2.14. The molecule has 2 atom stereocenters. The topological polar surface area (TPSA) is 58.6 Å². The van der Waals surface area contributed by atoms with Crippen LogP contribution in [-0.4, -0.2) is 29.4 Å². The lowest BCUT2D eigenvalue weighted by Crippen LogP contribution is -2.44. The van der Waals surface area contributed by atoms with E-state index in [1.54, 1.807) is 0 Å². The van der Waals surface area contributed by atoms with Crippen LogP contribution in [-0.2, 0) is 4.74 Å². The van der Waals surface area contributed by atoms with Gasteiger partial charge in [-0.15, -0.1) is 0 Å². The molecule has 0 aliphatic heterocycles. The highest BCUT2D eigenvalue weighted by atomic mass is 16.6. The molecule has 0 aromatic heterocycles. The van der Waals surface area contributed by atoms with Gasteiger partial charge in [-0.2, -0.15) is 0 Å². The van der Waals surface area contributed by atoms with Crippen molar-refractivity contribution in [1.82, 2.24) is 5.32 Å². The monoisotopic (exact) mass is 257 g/mol. The van der Waals surface area contributed by atoms with Crippen LogP contribution in [0.2, 0.25) is 0 Å². The second kappa shape index (κ2) is 7.41. The van der Waals surface area contributed by atoms with E-state index in [1.807, 2.05) is 47.6 Å². The molecule has 106 valence electrons. The average Bonchev–Trinajstić information content (AvgIpc) is 2.22. The molecule has 0 aromatic carbocycles. The van der Waals surface area contributed by atoms with Gasteiger partial charge in [0, 0.05) is 12.5 Å². The molecule has 0 aliphatic rings. The first-order valence-electron chi connectivity index (χ1n) is 6.48. The van der Waals surface area contributed by atoms with Crippen molar-refractivity contribution >= 4 is 6.09 Å². The first-order chi connectivity index (χ1) is 8.21. The van der Waals surface area contributed by atoms with E-state index in [1.165, 1.54) is 0 Å². The fraction of sp³-hybridized carbons (Fsp3) is 0.786. The van der Waals surface area contributed by atoms with Crippen molar-refractivity contribution in [3.63, 3.8) is 0 Å². The van der Waals surface area contributed by atoms with Crippen molar-refractivity contribution in [1.29, 1.82) is 0 Å². The molecule has 2 N–H and O–H groups in total. The quantitative estimate of drug-likeness (QED) is 0.745. The standard InChI is InChI=1S/C14H27NO3/c1-7-8-10(2)12(11(3)9-16)15-13(17)18-14(4,5)6/h8,11-12,16H,7,9H2,1-6H3,(H,15,17)/b10-8+/t11-,12+/m0/s1. The van der Waals surface area contributed by atoms with Gasteiger partial charge in [-0.1, -0.05) is 25.5 Å². The lowest BCUT2D eigenvalue weighted by molar-refractivity contribution is 0.0489. The van der Waals surface area contributed by atoms with Crippen LogP contribution in [0.5, 0.6) is 0 Å². The summed E-state index contributed by atoms with van der Waals surface area (Å²) in [6.07, 6.45) is 2.50. The molecule has 4 nitrogen and oxygen atoms in total. The van der Waals surface area contributed by atoms with Crippen LogP contribution in [0, 0.1) is 5.92 Å². The summed E-state index contributed by atoms with van der Waals surface area (Å²) in [5.74, 6) is -0.0414. The minimum Gasteiger partial charge on any atom is -0.444 e. The smallest absolute Gasteiger partial charge is 0.408 e. The average molecular weight is 257 g/mol. The van der Waals surface area contributed by atoms with Crippen LogP contribution in [0.1, 0.15) is 48.0 Å². The van der Waals surface area contributed by atoms with Crippen molar-refractivity contribution in [3.05, 3.63) is 11.6 Å². The van der Waals surface area contributed by atoms with Crippen LogP contribution >= 0.6 is 0 Å². The molecule has 0 aromatic rings. The van der Waals surface area contributed by atoms with Crippen LogP contribution in [0.3, 0.4) is 0 Å². The summed E-state index contributed by atoms with van der Waals surface area (Å²) in [7, 11) is 0. The minimum absolute atomic E-state index is 0.0232. The number of aliphatic hydroxyl groups is 1. The first kappa shape index (κ1) is 17.0. The fourth-order valence-electron chi connectivity index (χ4n) is 1.69. The highest BCUT2D eigenvalue weighted by molar-refractivity contribution is 5.68. The first-order valence-corrected chi connectivity index (χ1v) is 6.48. The molecule has 0 bridgehead atoms. The van der Waals surface area contributed by atoms with Gasteiger partial charge in [-0.25, -0.2) is 4.79 Å². The van der Waals surface area contributed by atoms with Crippen molar-refractivity contribution in [2.75, 3.05) is 6.61 Å². The van der Waals surface area contributed by atoms with Crippen LogP contribution < -0.4 is 5.32 Å². The third-order valence-electron chi connectivity index (χ3n) is 2.55. The molecular formula is C14H27NO3. The zero-order valence-electron chi connectivity index (χ0n) is 12.4. The van der Waals surface area contributed by atoms with E-state index in [9.17, 15) is 9.90 Å². The number of rotatable bonds is 5. The van der Waals surface area contributed by atoms with Gasteiger partial charge in [0.1, 0.15) is 5.60 Å². The molecule has 0 aliphatic carbocycles. The summed E-state index contributed by atoms with van der Waals surface area (Å²) < 4.78 is 5.23. The van der Waals surface area contributed by atoms with Crippen molar-refractivity contribution in [2.24, 2.45) is 5.92 Å². The van der Waals surface area contributed by atoms with Crippen molar-refractivity contribution < 1.29 is 14.6 Å². The Bertz CT molecular complexity index is 292. The maximum absolute atomic E-state index is 11.8. The van der Waals surface area contributed by atoms with Gasteiger partial charge in [0.2, 0.25) is 0 Å². The Morgan fingerprint density at radius 1 is 1.44 bits per heavy atom. The third kappa shape index (κ3) is 6.64.